The van der Waals surface area contributed by atoms with Crippen LogP contribution in [0.4, 0.5) is 0 Å². The highest BCUT2D eigenvalue weighted by Crippen LogP contribution is 2.23. The first-order valence-electron chi connectivity index (χ1n) is 8.77. The predicted molar refractivity (Wildman–Crippen MR) is 98.5 cm³/mol. The van der Waals surface area contributed by atoms with Crippen molar-refractivity contribution in [2.45, 2.75) is 26.2 Å². The predicted octanol–water partition coefficient (Wildman–Crippen LogP) is 1.45. The van der Waals surface area contributed by atoms with E-state index in [0.29, 0.717) is 31.0 Å². The number of benzene rings is 1. The monoisotopic (exact) mass is 382 g/mol. The molecule has 26 heavy (non-hydrogen) atoms. The fourth-order valence-electron chi connectivity index (χ4n) is 3.21. The van der Waals surface area contributed by atoms with Crippen molar-refractivity contribution in [3.05, 3.63) is 35.4 Å². The van der Waals surface area contributed by atoms with E-state index in [1.165, 1.54) is 7.05 Å². The number of likely N-dealkylation sites (tertiary alicyclic amines) is 1. The molecular weight excluding hydrogens is 356 g/mol. The van der Waals surface area contributed by atoms with Crippen molar-refractivity contribution >= 4 is 21.9 Å². The molecule has 1 N–H and O–H groups in total. The Bertz CT molecular complexity index is 755. The molecule has 0 saturated carbocycles. The van der Waals surface area contributed by atoms with Crippen molar-refractivity contribution in [3.63, 3.8) is 0 Å². The summed E-state index contributed by atoms with van der Waals surface area (Å²) in [6, 6.07) is 7.01. The molecule has 2 rings (SSSR count). The quantitative estimate of drug-likeness (QED) is 0.770. The molecule has 1 aromatic carbocycles. The summed E-state index contributed by atoms with van der Waals surface area (Å²) in [7, 11) is -1.94. The van der Waals surface area contributed by atoms with Crippen LogP contribution in [0.2, 0.25) is 0 Å². The van der Waals surface area contributed by atoms with Gasteiger partial charge in [0.2, 0.25) is 15.9 Å². The van der Waals surface area contributed by atoms with E-state index in [0.717, 1.165) is 22.7 Å². The second-order valence-electron chi connectivity index (χ2n) is 6.65. The Kier molecular flexibility index (Phi) is 6.77. The zero-order valence-electron chi connectivity index (χ0n) is 15.2. The van der Waals surface area contributed by atoms with Gasteiger partial charge >= 0.3 is 5.97 Å². The second-order valence-corrected chi connectivity index (χ2v) is 9.01. The minimum absolute atomic E-state index is 0.0260. The lowest BCUT2D eigenvalue weighted by Crippen LogP contribution is -2.45. The van der Waals surface area contributed by atoms with Gasteiger partial charge in [0.15, 0.2) is 0 Å². The molecule has 1 aliphatic heterocycles. The number of hydrogen-bond donors (Lipinski definition) is 1. The Morgan fingerprint density at radius 2 is 1.85 bits per heavy atom. The topological polar surface area (TPSA) is 95.0 Å². The maximum atomic E-state index is 12.3. The van der Waals surface area contributed by atoms with Crippen LogP contribution < -0.4 is 0 Å². The minimum atomic E-state index is -3.37. The number of carboxylic acid groups (broad SMARTS) is 1. The summed E-state index contributed by atoms with van der Waals surface area (Å²) in [4.78, 5) is 25.3. The molecule has 0 spiro atoms. The number of carbonyl (C=O) groups is 2. The van der Waals surface area contributed by atoms with Gasteiger partial charge in [0.05, 0.1) is 17.9 Å². The van der Waals surface area contributed by atoms with Crippen LogP contribution in [-0.4, -0.2) is 67.0 Å². The molecule has 1 aliphatic rings. The third kappa shape index (κ3) is 5.04. The maximum absolute atomic E-state index is 12.3. The van der Waals surface area contributed by atoms with Gasteiger partial charge in [0.25, 0.3) is 0 Å². The number of carboxylic acids is 1. The van der Waals surface area contributed by atoms with Gasteiger partial charge < -0.3 is 10.0 Å². The number of nitrogens with zero attached hydrogens (tertiary/aromatic N) is 2. The van der Waals surface area contributed by atoms with Crippen LogP contribution in [-0.2, 0) is 21.2 Å². The number of sulfonamides is 1. The van der Waals surface area contributed by atoms with Gasteiger partial charge in [-0.05, 0) is 43.7 Å². The molecule has 1 heterocycles. The first-order valence-corrected chi connectivity index (χ1v) is 10.4. The highest BCUT2D eigenvalue weighted by molar-refractivity contribution is 7.89. The Labute approximate surface area is 154 Å². The molecule has 7 nitrogen and oxygen atoms in total. The lowest BCUT2D eigenvalue weighted by Gasteiger charge is -2.33. The van der Waals surface area contributed by atoms with Crippen LogP contribution in [0.1, 0.15) is 35.7 Å². The number of carbonyl (C=O) groups excluding carboxylic acids is 1. The largest absolute Gasteiger partial charge is 0.478 e. The minimum Gasteiger partial charge on any atom is -0.478 e. The van der Waals surface area contributed by atoms with Gasteiger partial charge in [-0.2, -0.15) is 4.31 Å². The van der Waals surface area contributed by atoms with E-state index in [-0.39, 0.29) is 18.2 Å². The van der Waals surface area contributed by atoms with E-state index < -0.39 is 16.0 Å². The summed E-state index contributed by atoms with van der Waals surface area (Å²) in [6.07, 6.45) is 2.24. The number of amides is 1. The highest BCUT2D eigenvalue weighted by Gasteiger charge is 2.26. The fourth-order valence-corrected chi connectivity index (χ4v) is 3.96. The summed E-state index contributed by atoms with van der Waals surface area (Å²) in [5.74, 6) is -0.819. The zero-order valence-corrected chi connectivity index (χ0v) is 16.0. The summed E-state index contributed by atoms with van der Waals surface area (Å²) < 4.78 is 24.6. The Balaban J connectivity index is 1.89. The first-order chi connectivity index (χ1) is 12.2. The first kappa shape index (κ1) is 20.4. The molecule has 1 fully saturated rings. The standard InChI is InChI=1S/C18H26N2O5S/c1-3-26(24,25)19(2)13-17(21)20-10-8-14(9-11-20)12-15-6-4-5-7-16(15)18(22)23/h4-7,14H,3,8-13H2,1-2H3,(H,22,23). The van der Waals surface area contributed by atoms with E-state index in [1.807, 2.05) is 12.1 Å². The van der Waals surface area contributed by atoms with E-state index in [9.17, 15) is 23.1 Å². The van der Waals surface area contributed by atoms with Gasteiger partial charge in [-0.1, -0.05) is 18.2 Å². The lowest BCUT2D eigenvalue weighted by molar-refractivity contribution is -0.132. The summed E-state index contributed by atoms with van der Waals surface area (Å²) in [5, 5.41) is 9.27. The molecule has 1 aromatic rings. The molecule has 0 bridgehead atoms. The van der Waals surface area contributed by atoms with Crippen molar-refractivity contribution in [1.29, 1.82) is 0 Å². The van der Waals surface area contributed by atoms with Crippen LogP contribution in [0.25, 0.3) is 0 Å². The van der Waals surface area contributed by atoms with Crippen LogP contribution in [0.5, 0.6) is 0 Å². The molecule has 144 valence electrons. The van der Waals surface area contributed by atoms with Crippen molar-refractivity contribution in [2.75, 3.05) is 32.4 Å². The van der Waals surface area contributed by atoms with Crippen molar-refractivity contribution < 1.29 is 23.1 Å². The number of rotatable bonds is 7. The molecule has 1 saturated heterocycles. The van der Waals surface area contributed by atoms with Gasteiger partial charge in [-0.15, -0.1) is 0 Å². The van der Waals surface area contributed by atoms with Crippen molar-refractivity contribution in [2.24, 2.45) is 5.92 Å². The number of piperidine rings is 1. The average Bonchev–Trinajstić information content (AvgIpc) is 2.62. The van der Waals surface area contributed by atoms with E-state index in [2.05, 4.69) is 0 Å². The highest BCUT2D eigenvalue weighted by atomic mass is 32.2. The SMILES string of the molecule is CCS(=O)(=O)N(C)CC(=O)N1CCC(Cc2ccccc2C(=O)O)CC1. The summed E-state index contributed by atoms with van der Waals surface area (Å²) >= 11 is 0. The molecule has 0 atom stereocenters. The van der Waals surface area contributed by atoms with Gasteiger partial charge in [-0.25, -0.2) is 13.2 Å². The van der Waals surface area contributed by atoms with Crippen LogP contribution in [0.3, 0.4) is 0 Å². The number of hydrogen-bond acceptors (Lipinski definition) is 4. The molecule has 0 unspecified atom stereocenters. The molecule has 8 heteroatoms. The number of likely N-dealkylation sites (N-methyl/N-ethyl adjacent to an activating group) is 1. The molecule has 0 aliphatic carbocycles. The normalized spacial score (nSPS) is 16.0. The van der Waals surface area contributed by atoms with Crippen LogP contribution in [0, 0.1) is 5.92 Å². The molecule has 1 amide bonds. The Hall–Kier alpha value is -1.93. The Morgan fingerprint density at radius 1 is 1.23 bits per heavy atom. The lowest BCUT2D eigenvalue weighted by atomic mass is 9.88. The van der Waals surface area contributed by atoms with E-state index in [4.69, 9.17) is 0 Å². The van der Waals surface area contributed by atoms with E-state index in [1.54, 1.807) is 24.0 Å². The molecule has 0 aromatic heterocycles. The maximum Gasteiger partial charge on any atom is 0.335 e. The van der Waals surface area contributed by atoms with Crippen LogP contribution in [0.15, 0.2) is 24.3 Å². The van der Waals surface area contributed by atoms with Gasteiger partial charge in [-0.3, -0.25) is 4.79 Å². The third-order valence-electron chi connectivity index (χ3n) is 4.92. The van der Waals surface area contributed by atoms with Crippen molar-refractivity contribution in [3.8, 4) is 0 Å². The summed E-state index contributed by atoms with van der Waals surface area (Å²) in [6.45, 7) is 2.55. The summed E-state index contributed by atoms with van der Waals surface area (Å²) in [5.41, 5.74) is 1.15. The number of aromatic carboxylic acids is 1. The molecule has 0 radical (unpaired) electrons. The van der Waals surface area contributed by atoms with Crippen molar-refractivity contribution in [1.82, 2.24) is 9.21 Å². The third-order valence-corrected chi connectivity index (χ3v) is 6.73. The zero-order chi connectivity index (χ0) is 19.3. The van der Waals surface area contributed by atoms with Gasteiger partial charge in [0, 0.05) is 20.1 Å². The second kappa shape index (κ2) is 8.64. The fraction of sp³-hybridized carbons (Fsp3) is 0.556. The smallest absolute Gasteiger partial charge is 0.335 e. The van der Waals surface area contributed by atoms with Crippen LogP contribution >= 0.6 is 0 Å². The van der Waals surface area contributed by atoms with E-state index >= 15 is 0 Å². The average molecular weight is 382 g/mol. The molecular formula is C18H26N2O5S. The van der Waals surface area contributed by atoms with Gasteiger partial charge in [0.1, 0.15) is 0 Å². The Morgan fingerprint density at radius 3 is 2.42 bits per heavy atom.